The molecule has 4 aliphatic carbocycles. The topological polar surface area (TPSA) is 23.1 Å². The van der Waals surface area contributed by atoms with Gasteiger partial charge in [-0.2, -0.15) is 0 Å². The Labute approximate surface area is 127 Å². The van der Waals surface area contributed by atoms with Gasteiger partial charge in [0.1, 0.15) is 11.5 Å². The highest BCUT2D eigenvalue weighted by molar-refractivity contribution is 7.91. The molecule has 0 amide bonds. The first-order chi connectivity index (χ1) is 9.67. The van der Waals surface area contributed by atoms with Gasteiger partial charge >= 0.3 is 0 Å². The SMILES string of the molecule is [O-][S+](CCC12CCC(CC1)C2)CCC12CCC(CC1)C2. The van der Waals surface area contributed by atoms with Gasteiger partial charge in [0.15, 0.2) is 0 Å². The molecular formula is C18H30OS. The summed E-state index contributed by atoms with van der Waals surface area (Å²) in [5, 5.41) is 0. The molecule has 0 radical (unpaired) electrons. The largest absolute Gasteiger partial charge is 0.616 e. The second kappa shape index (κ2) is 5.19. The molecule has 20 heavy (non-hydrogen) atoms. The zero-order valence-electron chi connectivity index (χ0n) is 12.9. The molecule has 0 heterocycles. The molecule has 0 aromatic heterocycles. The van der Waals surface area contributed by atoms with Crippen LogP contribution in [0.4, 0.5) is 0 Å². The van der Waals surface area contributed by atoms with Crippen LogP contribution in [0, 0.1) is 22.7 Å². The van der Waals surface area contributed by atoms with Crippen LogP contribution in [0.15, 0.2) is 0 Å². The second-order valence-corrected chi connectivity index (χ2v) is 10.3. The van der Waals surface area contributed by atoms with E-state index in [9.17, 15) is 4.55 Å². The minimum absolute atomic E-state index is 0.530. The van der Waals surface area contributed by atoms with Crippen LogP contribution in [0.25, 0.3) is 0 Å². The van der Waals surface area contributed by atoms with Crippen LogP contribution in [0.5, 0.6) is 0 Å². The van der Waals surface area contributed by atoms with E-state index in [1.54, 1.807) is 0 Å². The van der Waals surface area contributed by atoms with E-state index in [0.29, 0.717) is 10.8 Å². The fraction of sp³-hybridized carbons (Fsp3) is 1.00. The zero-order valence-corrected chi connectivity index (χ0v) is 13.7. The van der Waals surface area contributed by atoms with Gasteiger partial charge in [0, 0.05) is 0 Å². The number of rotatable bonds is 6. The second-order valence-electron chi connectivity index (χ2n) is 8.64. The Bertz CT molecular complexity index is 316. The van der Waals surface area contributed by atoms with Crippen molar-refractivity contribution in [3.8, 4) is 0 Å². The molecule has 0 aromatic rings. The van der Waals surface area contributed by atoms with Crippen LogP contribution in [0.1, 0.15) is 77.0 Å². The molecule has 0 spiro atoms. The molecule has 0 aromatic carbocycles. The van der Waals surface area contributed by atoms with E-state index in [4.69, 9.17) is 0 Å². The van der Waals surface area contributed by atoms with Gasteiger partial charge in [-0.3, -0.25) is 0 Å². The average Bonchev–Trinajstić information content (AvgIpc) is 3.22. The molecular weight excluding hydrogens is 264 g/mol. The summed E-state index contributed by atoms with van der Waals surface area (Å²) < 4.78 is 12.4. The maximum atomic E-state index is 12.4. The monoisotopic (exact) mass is 294 g/mol. The Morgan fingerprint density at radius 1 is 0.750 bits per heavy atom. The number of hydrogen-bond donors (Lipinski definition) is 0. The Morgan fingerprint density at radius 3 is 1.45 bits per heavy atom. The summed E-state index contributed by atoms with van der Waals surface area (Å²) >= 11 is -0.530. The molecule has 0 aliphatic heterocycles. The van der Waals surface area contributed by atoms with E-state index in [0.717, 1.165) is 23.3 Å². The Morgan fingerprint density at radius 2 is 1.15 bits per heavy atom. The molecule has 4 rings (SSSR count). The third kappa shape index (κ3) is 2.56. The number of hydrogen-bond acceptors (Lipinski definition) is 1. The van der Waals surface area contributed by atoms with Crippen molar-refractivity contribution in [1.29, 1.82) is 0 Å². The highest BCUT2D eigenvalue weighted by Crippen LogP contribution is 2.57. The molecule has 2 heteroatoms. The summed E-state index contributed by atoms with van der Waals surface area (Å²) in [5.41, 5.74) is 1.29. The van der Waals surface area contributed by atoms with Crippen LogP contribution >= 0.6 is 0 Å². The van der Waals surface area contributed by atoms with Crippen molar-refractivity contribution >= 4 is 11.2 Å². The molecule has 4 fully saturated rings. The molecule has 0 N–H and O–H groups in total. The van der Waals surface area contributed by atoms with Gasteiger partial charge in [0.05, 0.1) is 0 Å². The summed E-state index contributed by atoms with van der Waals surface area (Å²) in [4.78, 5) is 0. The van der Waals surface area contributed by atoms with Gasteiger partial charge in [-0.25, -0.2) is 0 Å². The van der Waals surface area contributed by atoms with Crippen molar-refractivity contribution in [2.24, 2.45) is 22.7 Å². The van der Waals surface area contributed by atoms with Crippen molar-refractivity contribution in [2.75, 3.05) is 11.5 Å². The quantitative estimate of drug-likeness (QED) is 0.652. The van der Waals surface area contributed by atoms with Gasteiger partial charge in [-0.1, -0.05) is 11.2 Å². The molecule has 0 atom stereocenters. The van der Waals surface area contributed by atoms with Gasteiger partial charge in [0.25, 0.3) is 0 Å². The summed E-state index contributed by atoms with van der Waals surface area (Å²) in [5.74, 6) is 4.09. The molecule has 0 unspecified atom stereocenters. The molecule has 1 nitrogen and oxygen atoms in total. The average molecular weight is 295 g/mol. The van der Waals surface area contributed by atoms with Crippen LogP contribution < -0.4 is 0 Å². The first kappa shape index (κ1) is 13.9. The maximum absolute atomic E-state index is 12.4. The molecule has 4 bridgehead atoms. The molecule has 0 saturated heterocycles. The Hall–Kier alpha value is 0.310. The van der Waals surface area contributed by atoms with E-state index in [-0.39, 0.29) is 0 Å². The summed E-state index contributed by atoms with van der Waals surface area (Å²) in [6, 6.07) is 0. The first-order valence-electron chi connectivity index (χ1n) is 9.02. The predicted octanol–water partition coefficient (Wildman–Crippen LogP) is 4.68. The summed E-state index contributed by atoms with van der Waals surface area (Å²) in [6.07, 6.45) is 17.1. The summed E-state index contributed by atoms with van der Waals surface area (Å²) in [6.45, 7) is 0. The molecule has 4 aliphatic rings. The lowest BCUT2D eigenvalue weighted by Crippen LogP contribution is -2.24. The lowest BCUT2D eigenvalue weighted by Gasteiger charge is -2.29. The molecule has 4 saturated carbocycles. The Balaban J connectivity index is 1.22. The summed E-state index contributed by atoms with van der Waals surface area (Å²) in [7, 11) is 0. The highest BCUT2D eigenvalue weighted by Gasteiger charge is 2.46. The third-order valence-electron chi connectivity index (χ3n) is 7.50. The Kier molecular flexibility index (Phi) is 3.62. The van der Waals surface area contributed by atoms with Crippen molar-refractivity contribution in [3.05, 3.63) is 0 Å². The lowest BCUT2D eigenvalue weighted by atomic mass is 9.82. The predicted molar refractivity (Wildman–Crippen MR) is 85.1 cm³/mol. The first-order valence-corrected chi connectivity index (χ1v) is 10.5. The fourth-order valence-corrected chi connectivity index (χ4v) is 7.61. The van der Waals surface area contributed by atoms with Crippen molar-refractivity contribution in [3.63, 3.8) is 0 Å². The van der Waals surface area contributed by atoms with Crippen LogP contribution in [-0.4, -0.2) is 16.1 Å². The van der Waals surface area contributed by atoms with Crippen molar-refractivity contribution in [2.45, 2.75) is 77.0 Å². The van der Waals surface area contributed by atoms with Gasteiger partial charge < -0.3 is 4.55 Å². The van der Waals surface area contributed by atoms with Gasteiger partial charge in [-0.05, 0) is 99.7 Å². The normalized spacial score (nSPS) is 47.2. The van der Waals surface area contributed by atoms with Crippen LogP contribution in [0.2, 0.25) is 0 Å². The van der Waals surface area contributed by atoms with Gasteiger partial charge in [0.2, 0.25) is 0 Å². The van der Waals surface area contributed by atoms with Crippen LogP contribution in [-0.2, 0) is 11.2 Å². The third-order valence-corrected chi connectivity index (χ3v) is 8.81. The zero-order chi connectivity index (χ0) is 13.6. The lowest BCUT2D eigenvalue weighted by molar-refractivity contribution is 0.279. The van der Waals surface area contributed by atoms with E-state index in [1.807, 2.05) is 0 Å². The number of fused-ring (bicyclic) bond motifs is 4. The highest BCUT2D eigenvalue weighted by atomic mass is 32.2. The van der Waals surface area contributed by atoms with E-state index >= 15 is 0 Å². The molecule has 114 valence electrons. The van der Waals surface area contributed by atoms with Gasteiger partial charge in [-0.15, -0.1) is 0 Å². The fourth-order valence-electron chi connectivity index (χ4n) is 6.09. The minimum Gasteiger partial charge on any atom is -0.616 e. The van der Waals surface area contributed by atoms with E-state index in [2.05, 4.69) is 0 Å². The van der Waals surface area contributed by atoms with E-state index in [1.165, 1.54) is 77.0 Å². The maximum Gasteiger partial charge on any atom is 0.106 e. The van der Waals surface area contributed by atoms with E-state index < -0.39 is 11.2 Å². The van der Waals surface area contributed by atoms with Crippen LogP contribution in [0.3, 0.4) is 0 Å². The van der Waals surface area contributed by atoms with Crippen molar-refractivity contribution < 1.29 is 4.55 Å². The minimum atomic E-state index is -0.530. The standard InChI is InChI=1S/C18H30OS/c19-20(11-9-17-5-1-15(13-17)2-6-17)12-10-18-7-3-16(14-18)4-8-18/h15-16H,1-14H2. The smallest absolute Gasteiger partial charge is 0.106 e. The van der Waals surface area contributed by atoms with Crippen molar-refractivity contribution in [1.82, 2.24) is 0 Å².